The number of phenolic OH excluding ortho intramolecular Hbond substituents is 1. The smallest absolute Gasteiger partial charge is 0.256 e. The number of aromatic hydroxyl groups is 1. The van der Waals surface area contributed by atoms with Gasteiger partial charge in [-0.05, 0) is 59.9 Å². The third-order valence-corrected chi connectivity index (χ3v) is 5.63. The van der Waals surface area contributed by atoms with Crippen LogP contribution >= 0.6 is 0 Å². The molecule has 0 aliphatic heterocycles. The highest BCUT2D eigenvalue weighted by molar-refractivity contribution is 7.92. The minimum atomic E-state index is -3.34. The van der Waals surface area contributed by atoms with Gasteiger partial charge in [-0.25, -0.2) is 8.42 Å². The van der Waals surface area contributed by atoms with Crippen LogP contribution in [-0.2, 0) is 15.4 Å². The molecule has 2 aromatic carbocycles. The topological polar surface area (TPSA) is 99.3 Å². The van der Waals surface area contributed by atoms with E-state index in [1.54, 1.807) is 36.4 Å². The van der Waals surface area contributed by atoms with Crippen molar-refractivity contribution < 1.29 is 13.5 Å². The molecule has 0 aliphatic rings. The maximum atomic E-state index is 12.5. The lowest BCUT2D eigenvalue weighted by Crippen LogP contribution is -2.13. The van der Waals surface area contributed by atoms with Crippen molar-refractivity contribution in [1.29, 1.82) is 0 Å². The van der Waals surface area contributed by atoms with Crippen LogP contribution in [0.3, 0.4) is 0 Å². The maximum absolute atomic E-state index is 12.5. The summed E-state index contributed by atoms with van der Waals surface area (Å²) in [6, 6.07) is 14.2. The van der Waals surface area contributed by atoms with Crippen molar-refractivity contribution in [1.82, 2.24) is 4.98 Å². The Morgan fingerprint density at radius 3 is 2.19 bits per heavy atom. The number of phenols is 1. The zero-order valence-electron chi connectivity index (χ0n) is 18.9. The van der Waals surface area contributed by atoms with Gasteiger partial charge in [0.15, 0.2) is 0 Å². The summed E-state index contributed by atoms with van der Waals surface area (Å²) in [6.07, 6.45) is 4.72. The molecule has 0 atom stereocenters. The fraction of sp³-hybridized carbons (Fsp3) is 0.240. The molecule has 0 fully saturated rings. The summed E-state index contributed by atoms with van der Waals surface area (Å²) >= 11 is 0. The Labute approximate surface area is 188 Å². The zero-order chi connectivity index (χ0) is 23.7. The maximum Gasteiger partial charge on any atom is 0.256 e. The number of aromatic nitrogens is 1. The van der Waals surface area contributed by atoms with Crippen molar-refractivity contribution in [3.63, 3.8) is 0 Å². The lowest BCUT2D eigenvalue weighted by molar-refractivity contribution is 0.474. The second-order valence-corrected chi connectivity index (χ2v) is 10.7. The van der Waals surface area contributed by atoms with Gasteiger partial charge in [0.25, 0.3) is 5.56 Å². The highest BCUT2D eigenvalue weighted by Crippen LogP contribution is 2.37. The molecule has 0 amide bonds. The molecule has 0 spiro atoms. The number of nitrogens with one attached hydrogen (secondary N) is 2. The van der Waals surface area contributed by atoms with Gasteiger partial charge >= 0.3 is 0 Å². The number of aryl methyl sites for hydroxylation is 1. The van der Waals surface area contributed by atoms with Crippen LogP contribution in [0, 0.1) is 6.92 Å². The van der Waals surface area contributed by atoms with E-state index in [1.807, 2.05) is 31.2 Å². The van der Waals surface area contributed by atoms with E-state index in [-0.39, 0.29) is 16.7 Å². The fourth-order valence-corrected chi connectivity index (χ4v) is 3.83. The van der Waals surface area contributed by atoms with E-state index in [9.17, 15) is 18.3 Å². The van der Waals surface area contributed by atoms with Gasteiger partial charge in [0.05, 0.1) is 11.8 Å². The van der Waals surface area contributed by atoms with Crippen molar-refractivity contribution in [2.45, 2.75) is 33.1 Å². The highest BCUT2D eigenvalue weighted by Gasteiger charge is 2.20. The van der Waals surface area contributed by atoms with Crippen LogP contribution in [-0.4, -0.2) is 24.8 Å². The Bertz CT molecular complexity index is 1330. The minimum Gasteiger partial charge on any atom is -0.507 e. The zero-order valence-corrected chi connectivity index (χ0v) is 19.7. The molecular weight excluding hydrogens is 424 g/mol. The predicted octanol–water partition coefficient (Wildman–Crippen LogP) is 4.90. The van der Waals surface area contributed by atoms with Crippen LogP contribution in [0.25, 0.3) is 23.3 Å². The fourth-order valence-electron chi connectivity index (χ4n) is 3.27. The Hall–Kier alpha value is -3.32. The van der Waals surface area contributed by atoms with Crippen LogP contribution in [0.1, 0.15) is 43.2 Å². The van der Waals surface area contributed by atoms with Crippen LogP contribution in [0.15, 0.2) is 53.3 Å². The molecule has 0 saturated heterocycles. The molecule has 168 valence electrons. The first kappa shape index (κ1) is 23.3. The van der Waals surface area contributed by atoms with Gasteiger partial charge in [-0.2, -0.15) is 0 Å². The molecule has 3 N–H and O–H groups in total. The Morgan fingerprint density at radius 1 is 0.969 bits per heavy atom. The molecule has 32 heavy (non-hydrogen) atoms. The minimum absolute atomic E-state index is 0.0268. The quantitative estimate of drug-likeness (QED) is 0.480. The van der Waals surface area contributed by atoms with Crippen molar-refractivity contribution in [3.05, 3.63) is 81.3 Å². The molecule has 0 bridgehead atoms. The summed E-state index contributed by atoms with van der Waals surface area (Å²) in [5.74, 6) is 0.0268. The standard InChI is InChI=1S/C25H28N2O4S/c1-16-6-13-21(24(29)26-16)22-15-19(25(2,3)4)14-18(23(22)28)10-7-17-8-11-20(12-9-17)27-32(5,30)31/h6-15,27-28H,1-5H3,(H,26,29)/b10-7+. The molecule has 1 aromatic heterocycles. The number of anilines is 1. The molecule has 0 unspecified atom stereocenters. The van der Waals surface area contributed by atoms with E-state index in [4.69, 9.17) is 0 Å². The number of hydrogen-bond acceptors (Lipinski definition) is 4. The van der Waals surface area contributed by atoms with E-state index >= 15 is 0 Å². The summed E-state index contributed by atoms with van der Waals surface area (Å²) in [5.41, 5.74) is 4.07. The third kappa shape index (κ3) is 5.68. The second-order valence-electron chi connectivity index (χ2n) is 8.93. The van der Waals surface area contributed by atoms with Gasteiger partial charge < -0.3 is 10.1 Å². The van der Waals surface area contributed by atoms with E-state index in [2.05, 4.69) is 30.5 Å². The van der Waals surface area contributed by atoms with Gasteiger partial charge in [-0.3, -0.25) is 9.52 Å². The number of rotatable bonds is 5. The summed E-state index contributed by atoms with van der Waals surface area (Å²) in [5, 5.41) is 11.0. The molecule has 0 radical (unpaired) electrons. The van der Waals surface area contributed by atoms with Gasteiger partial charge in [-0.1, -0.05) is 45.1 Å². The summed E-state index contributed by atoms with van der Waals surface area (Å²) in [6.45, 7) is 8.03. The van der Waals surface area contributed by atoms with Crippen LogP contribution in [0.2, 0.25) is 0 Å². The van der Waals surface area contributed by atoms with Gasteiger partial charge in [-0.15, -0.1) is 0 Å². The first-order valence-electron chi connectivity index (χ1n) is 10.2. The van der Waals surface area contributed by atoms with Crippen molar-refractivity contribution in [2.24, 2.45) is 0 Å². The van der Waals surface area contributed by atoms with Crippen molar-refractivity contribution in [3.8, 4) is 16.9 Å². The molecular formula is C25H28N2O4S. The predicted molar refractivity (Wildman–Crippen MR) is 131 cm³/mol. The van der Waals surface area contributed by atoms with Crippen LogP contribution < -0.4 is 10.3 Å². The lowest BCUT2D eigenvalue weighted by atomic mass is 9.83. The number of sulfonamides is 1. The second kappa shape index (κ2) is 8.67. The molecule has 3 aromatic rings. The number of H-pyrrole nitrogens is 1. The Kier molecular flexibility index (Phi) is 6.32. The van der Waals surface area contributed by atoms with Gasteiger partial charge in [0.2, 0.25) is 10.0 Å². The molecule has 6 nitrogen and oxygen atoms in total. The summed E-state index contributed by atoms with van der Waals surface area (Å²) in [7, 11) is -3.34. The molecule has 7 heteroatoms. The monoisotopic (exact) mass is 452 g/mol. The van der Waals surface area contributed by atoms with E-state index in [0.717, 1.165) is 23.1 Å². The third-order valence-electron chi connectivity index (χ3n) is 5.02. The largest absolute Gasteiger partial charge is 0.507 e. The normalized spacial score (nSPS) is 12.3. The average Bonchev–Trinajstić information content (AvgIpc) is 2.67. The van der Waals surface area contributed by atoms with Crippen LogP contribution in [0.4, 0.5) is 5.69 Å². The average molecular weight is 453 g/mol. The summed E-state index contributed by atoms with van der Waals surface area (Å²) < 4.78 is 25.1. The Balaban J connectivity index is 2.05. The number of hydrogen-bond donors (Lipinski definition) is 3. The Morgan fingerprint density at radius 2 is 1.62 bits per heavy atom. The first-order chi connectivity index (χ1) is 14.8. The molecule has 3 rings (SSSR count). The van der Waals surface area contributed by atoms with E-state index < -0.39 is 10.0 Å². The number of benzene rings is 2. The van der Waals surface area contributed by atoms with Crippen LogP contribution in [0.5, 0.6) is 5.75 Å². The number of pyridine rings is 1. The molecule has 0 aliphatic carbocycles. The SMILES string of the molecule is Cc1ccc(-c2cc(C(C)(C)C)cc(/C=C/c3ccc(NS(C)(=O)=O)cc3)c2O)c(=O)[nH]1. The van der Waals surface area contributed by atoms with E-state index in [1.165, 1.54) is 0 Å². The summed E-state index contributed by atoms with van der Waals surface area (Å²) in [4.78, 5) is 15.3. The first-order valence-corrected chi connectivity index (χ1v) is 12.1. The van der Waals surface area contributed by atoms with Crippen molar-refractivity contribution >= 4 is 27.9 Å². The van der Waals surface area contributed by atoms with Crippen molar-refractivity contribution in [2.75, 3.05) is 11.0 Å². The lowest BCUT2D eigenvalue weighted by Gasteiger charge is -2.22. The number of aromatic amines is 1. The molecule has 0 saturated carbocycles. The molecule has 1 heterocycles. The van der Waals surface area contributed by atoms with E-state index in [0.29, 0.717) is 22.4 Å². The van der Waals surface area contributed by atoms with Gasteiger partial charge in [0.1, 0.15) is 5.75 Å². The highest BCUT2D eigenvalue weighted by atomic mass is 32.2. The van der Waals surface area contributed by atoms with Gasteiger partial charge in [0, 0.05) is 22.5 Å².